The predicted molar refractivity (Wildman–Crippen MR) is 53.0 cm³/mol. The van der Waals surface area contributed by atoms with Crippen molar-refractivity contribution in [3.05, 3.63) is 11.9 Å². The Labute approximate surface area is 77.7 Å². The van der Waals surface area contributed by atoms with Gasteiger partial charge in [-0.3, -0.25) is 0 Å². The van der Waals surface area contributed by atoms with E-state index in [9.17, 15) is 0 Å². The first-order chi connectivity index (χ1) is 2.27. The first-order valence-corrected chi connectivity index (χ1v) is 1.44. The zero-order chi connectivity index (χ0) is 4.28. The molecule has 0 aliphatic rings. The molecule has 0 unspecified atom stereocenters. The Balaban J connectivity index is -0.0000000800. The lowest BCUT2D eigenvalue weighted by molar-refractivity contribution is 1.23. The third-order valence-corrected chi connectivity index (χ3v) is 0.333. The molecule has 7 heavy (non-hydrogen) atoms. The van der Waals surface area contributed by atoms with E-state index in [1.54, 1.807) is 13.0 Å². The monoisotopic (exact) mass is 328 g/mol. The van der Waals surface area contributed by atoms with E-state index >= 15 is 0 Å². The second-order valence-corrected chi connectivity index (χ2v) is 0.789. The maximum atomic E-state index is 4.93. The molecule has 4 N–H and O–H groups in total. The summed E-state index contributed by atoms with van der Waals surface area (Å²) in [5.41, 5.74) is 9.86. The van der Waals surface area contributed by atoms with Crippen LogP contribution in [0.4, 0.5) is 0 Å². The minimum absolute atomic E-state index is 0. The van der Waals surface area contributed by atoms with E-state index in [4.69, 9.17) is 11.5 Å². The molecule has 0 heterocycles. The van der Waals surface area contributed by atoms with Gasteiger partial charge in [0.15, 0.2) is 0 Å². The van der Waals surface area contributed by atoms with Gasteiger partial charge in [-0.15, -0.1) is 48.0 Å². The fourth-order valence-electron chi connectivity index (χ4n) is 0. The topological polar surface area (TPSA) is 52.0 Å². The SMILES string of the molecule is CC=C(N)N.I.I. The highest BCUT2D eigenvalue weighted by molar-refractivity contribution is 14.0. The van der Waals surface area contributed by atoms with Crippen molar-refractivity contribution in [2.45, 2.75) is 6.92 Å². The molecule has 0 spiro atoms. The fraction of sp³-hybridized carbons (Fsp3) is 0.333. The normalized spacial score (nSPS) is 4.71. The van der Waals surface area contributed by atoms with Crippen molar-refractivity contribution in [1.82, 2.24) is 0 Å². The van der Waals surface area contributed by atoms with Crippen molar-refractivity contribution in [3.63, 3.8) is 0 Å². The van der Waals surface area contributed by atoms with Crippen LogP contribution in [-0.4, -0.2) is 0 Å². The Morgan fingerprint density at radius 3 is 1.43 bits per heavy atom. The summed E-state index contributed by atoms with van der Waals surface area (Å²) in [5.74, 6) is 0.380. The first-order valence-electron chi connectivity index (χ1n) is 1.44. The summed E-state index contributed by atoms with van der Waals surface area (Å²) >= 11 is 0. The van der Waals surface area contributed by atoms with Crippen LogP contribution >= 0.6 is 48.0 Å². The second-order valence-electron chi connectivity index (χ2n) is 0.789. The van der Waals surface area contributed by atoms with Crippen molar-refractivity contribution in [2.24, 2.45) is 11.5 Å². The van der Waals surface area contributed by atoms with E-state index in [-0.39, 0.29) is 48.0 Å². The van der Waals surface area contributed by atoms with Crippen molar-refractivity contribution >= 4 is 48.0 Å². The molecule has 0 amide bonds. The summed E-state index contributed by atoms with van der Waals surface area (Å²) in [4.78, 5) is 0. The van der Waals surface area contributed by atoms with Crippen LogP contribution in [0.15, 0.2) is 11.9 Å². The van der Waals surface area contributed by atoms with Gasteiger partial charge in [0.1, 0.15) is 0 Å². The van der Waals surface area contributed by atoms with Crippen LogP contribution in [0.1, 0.15) is 6.92 Å². The minimum Gasteiger partial charge on any atom is -0.386 e. The van der Waals surface area contributed by atoms with Crippen LogP contribution in [0.25, 0.3) is 0 Å². The molecule has 0 rings (SSSR count). The molecule has 0 atom stereocenters. The molecule has 0 aromatic rings. The summed E-state index contributed by atoms with van der Waals surface area (Å²) in [7, 11) is 0. The van der Waals surface area contributed by atoms with E-state index in [0.717, 1.165) is 0 Å². The highest BCUT2D eigenvalue weighted by atomic mass is 127. The van der Waals surface area contributed by atoms with Crippen LogP contribution in [-0.2, 0) is 0 Å². The Kier molecular flexibility index (Phi) is 22.2. The Morgan fingerprint density at radius 2 is 1.43 bits per heavy atom. The number of nitrogens with two attached hydrogens (primary N) is 2. The van der Waals surface area contributed by atoms with E-state index in [1.807, 2.05) is 0 Å². The van der Waals surface area contributed by atoms with Gasteiger partial charge in [0.25, 0.3) is 0 Å². The van der Waals surface area contributed by atoms with E-state index in [2.05, 4.69) is 0 Å². The predicted octanol–water partition coefficient (Wildman–Crippen LogP) is 1.00. The molecule has 0 radical (unpaired) electrons. The average Bonchev–Trinajstić information content (AvgIpc) is 1.38. The van der Waals surface area contributed by atoms with Crippen LogP contribution in [0.3, 0.4) is 0 Å². The first kappa shape index (κ1) is 15.7. The lowest BCUT2D eigenvalue weighted by Gasteiger charge is -1.78. The van der Waals surface area contributed by atoms with Gasteiger partial charge in [-0.2, -0.15) is 0 Å². The van der Waals surface area contributed by atoms with Gasteiger partial charge < -0.3 is 11.5 Å². The zero-order valence-corrected chi connectivity index (χ0v) is 8.71. The Bertz CT molecular complexity index is 48.9. The van der Waals surface area contributed by atoms with Crippen LogP contribution < -0.4 is 11.5 Å². The van der Waals surface area contributed by atoms with E-state index in [0.29, 0.717) is 5.82 Å². The third kappa shape index (κ3) is 20.0. The molecule has 0 aromatic carbocycles. The molecule has 2 nitrogen and oxygen atoms in total. The molecular formula is C3H10I2N2. The molecular weight excluding hydrogens is 318 g/mol. The highest BCUT2D eigenvalue weighted by Gasteiger charge is 1.59. The molecule has 0 bridgehead atoms. The number of hydrogen-bond acceptors (Lipinski definition) is 2. The number of rotatable bonds is 0. The van der Waals surface area contributed by atoms with Crippen molar-refractivity contribution in [1.29, 1.82) is 0 Å². The number of halogens is 2. The lowest BCUT2D eigenvalue weighted by Crippen LogP contribution is -2.06. The third-order valence-electron chi connectivity index (χ3n) is 0.333. The molecule has 0 aliphatic carbocycles. The van der Waals surface area contributed by atoms with Crippen molar-refractivity contribution in [3.8, 4) is 0 Å². The molecule has 0 aromatic heterocycles. The van der Waals surface area contributed by atoms with E-state index in [1.165, 1.54) is 0 Å². The van der Waals surface area contributed by atoms with Gasteiger partial charge in [0.05, 0.1) is 5.82 Å². The van der Waals surface area contributed by atoms with Crippen LogP contribution in [0.5, 0.6) is 0 Å². The Hall–Kier alpha value is 0.800. The van der Waals surface area contributed by atoms with Gasteiger partial charge in [0, 0.05) is 0 Å². The maximum Gasteiger partial charge on any atom is 0.0889 e. The molecule has 46 valence electrons. The molecule has 0 saturated carbocycles. The second kappa shape index (κ2) is 9.93. The molecule has 4 heteroatoms. The average molecular weight is 328 g/mol. The highest BCUT2D eigenvalue weighted by Crippen LogP contribution is 1.59. The standard InChI is InChI=1S/C3H8N2.2HI/c1-2-3(4)5;;/h2H,4-5H2,1H3;2*1H. The number of allylic oxidation sites excluding steroid dienone is 1. The smallest absolute Gasteiger partial charge is 0.0889 e. The summed E-state index contributed by atoms with van der Waals surface area (Å²) in [6.45, 7) is 1.79. The van der Waals surface area contributed by atoms with Gasteiger partial charge in [0.2, 0.25) is 0 Å². The van der Waals surface area contributed by atoms with E-state index < -0.39 is 0 Å². The van der Waals surface area contributed by atoms with Crippen LogP contribution in [0.2, 0.25) is 0 Å². The van der Waals surface area contributed by atoms with Gasteiger partial charge in [-0.05, 0) is 13.0 Å². The summed E-state index contributed by atoms with van der Waals surface area (Å²) in [6.07, 6.45) is 1.64. The molecule has 0 fully saturated rings. The lowest BCUT2D eigenvalue weighted by atomic mass is 10.6. The Morgan fingerprint density at radius 1 is 1.29 bits per heavy atom. The van der Waals surface area contributed by atoms with Crippen molar-refractivity contribution < 1.29 is 0 Å². The van der Waals surface area contributed by atoms with Crippen molar-refractivity contribution in [2.75, 3.05) is 0 Å². The maximum absolute atomic E-state index is 4.93. The summed E-state index contributed by atoms with van der Waals surface area (Å²) in [5, 5.41) is 0. The summed E-state index contributed by atoms with van der Waals surface area (Å²) < 4.78 is 0. The van der Waals surface area contributed by atoms with Gasteiger partial charge >= 0.3 is 0 Å². The molecule has 0 aliphatic heterocycles. The largest absolute Gasteiger partial charge is 0.386 e. The van der Waals surface area contributed by atoms with Crippen LogP contribution in [0, 0.1) is 0 Å². The quantitative estimate of drug-likeness (QED) is 0.652. The fourth-order valence-corrected chi connectivity index (χ4v) is 0. The zero-order valence-electron chi connectivity index (χ0n) is 4.05. The minimum atomic E-state index is 0. The number of hydrogen-bond donors (Lipinski definition) is 2. The summed E-state index contributed by atoms with van der Waals surface area (Å²) in [6, 6.07) is 0. The van der Waals surface area contributed by atoms with Gasteiger partial charge in [-0.1, -0.05) is 0 Å². The molecule has 0 saturated heterocycles. The van der Waals surface area contributed by atoms with Gasteiger partial charge in [-0.25, -0.2) is 0 Å².